The third-order valence-corrected chi connectivity index (χ3v) is 4.69. The fourth-order valence-corrected chi connectivity index (χ4v) is 3.43. The van der Waals surface area contributed by atoms with E-state index in [1.165, 1.54) is 0 Å². The maximum atomic E-state index is 11.4. The SMILES string of the molecule is Cn1cc(-c2ccccc2)nc1[C@@H](Cc1c[nH]c2ccccc12)NC(=O)O. The van der Waals surface area contributed by atoms with E-state index in [4.69, 9.17) is 4.98 Å². The van der Waals surface area contributed by atoms with Gasteiger partial charge in [0.1, 0.15) is 5.82 Å². The van der Waals surface area contributed by atoms with E-state index in [0.29, 0.717) is 12.2 Å². The number of fused-ring (bicyclic) bond motifs is 1. The molecule has 0 spiro atoms. The number of hydrogen-bond acceptors (Lipinski definition) is 2. The lowest BCUT2D eigenvalue weighted by Crippen LogP contribution is -2.30. The molecule has 2 heterocycles. The maximum Gasteiger partial charge on any atom is 0.405 e. The third kappa shape index (κ3) is 3.42. The van der Waals surface area contributed by atoms with Crippen molar-refractivity contribution in [3.8, 4) is 11.3 Å². The number of aryl methyl sites for hydroxylation is 1. The normalized spacial score (nSPS) is 12.2. The quantitative estimate of drug-likeness (QED) is 0.501. The van der Waals surface area contributed by atoms with Gasteiger partial charge in [-0.05, 0) is 11.6 Å². The van der Waals surface area contributed by atoms with Crippen molar-refractivity contribution >= 4 is 17.0 Å². The molecular weight excluding hydrogens is 340 g/mol. The molecule has 6 heteroatoms. The number of imidazole rings is 1. The van der Waals surface area contributed by atoms with Crippen LogP contribution in [0.15, 0.2) is 67.0 Å². The Morgan fingerprint density at radius 3 is 2.70 bits per heavy atom. The third-order valence-electron chi connectivity index (χ3n) is 4.69. The first-order valence-corrected chi connectivity index (χ1v) is 8.75. The molecule has 0 aliphatic rings. The van der Waals surface area contributed by atoms with E-state index in [1.807, 2.05) is 78.6 Å². The molecule has 1 amide bonds. The molecule has 27 heavy (non-hydrogen) atoms. The van der Waals surface area contributed by atoms with E-state index in [9.17, 15) is 9.90 Å². The molecule has 2 aromatic carbocycles. The number of aromatic amines is 1. The highest BCUT2D eigenvalue weighted by molar-refractivity contribution is 5.83. The Balaban J connectivity index is 1.70. The number of amides is 1. The molecule has 0 radical (unpaired) electrons. The van der Waals surface area contributed by atoms with Gasteiger partial charge in [0.05, 0.1) is 11.7 Å². The summed E-state index contributed by atoms with van der Waals surface area (Å²) in [7, 11) is 1.89. The molecule has 2 aromatic heterocycles. The number of rotatable bonds is 5. The molecule has 4 rings (SSSR count). The predicted octanol–water partition coefficient (Wildman–Crippen LogP) is 4.12. The minimum Gasteiger partial charge on any atom is -0.465 e. The van der Waals surface area contributed by atoms with Gasteiger partial charge in [0.15, 0.2) is 0 Å². The second-order valence-electron chi connectivity index (χ2n) is 6.53. The summed E-state index contributed by atoms with van der Waals surface area (Å²) in [5.41, 5.74) is 3.91. The standard InChI is InChI=1S/C21H20N4O2/c1-25-13-19(14-7-3-2-4-8-14)23-20(25)18(24-21(26)27)11-15-12-22-17-10-6-5-9-16(15)17/h2-10,12-13,18,22,24H,11H2,1H3,(H,26,27)/t18-/m1/s1. The summed E-state index contributed by atoms with van der Waals surface area (Å²) in [4.78, 5) is 19.4. The second-order valence-corrected chi connectivity index (χ2v) is 6.53. The number of para-hydroxylation sites is 1. The first-order valence-electron chi connectivity index (χ1n) is 8.75. The van der Waals surface area contributed by atoms with Crippen molar-refractivity contribution in [2.75, 3.05) is 0 Å². The highest BCUT2D eigenvalue weighted by Crippen LogP contribution is 2.26. The molecule has 0 unspecified atom stereocenters. The van der Waals surface area contributed by atoms with Gasteiger partial charge in [0, 0.05) is 42.3 Å². The van der Waals surface area contributed by atoms with E-state index < -0.39 is 12.1 Å². The lowest BCUT2D eigenvalue weighted by atomic mass is 10.0. The number of carboxylic acid groups (broad SMARTS) is 1. The molecule has 4 aromatic rings. The number of benzene rings is 2. The molecule has 3 N–H and O–H groups in total. The Morgan fingerprint density at radius 1 is 1.19 bits per heavy atom. The molecule has 0 saturated carbocycles. The van der Waals surface area contributed by atoms with Crippen molar-refractivity contribution in [2.24, 2.45) is 7.05 Å². The van der Waals surface area contributed by atoms with Crippen molar-refractivity contribution in [3.05, 3.63) is 78.4 Å². The van der Waals surface area contributed by atoms with Crippen LogP contribution in [0.4, 0.5) is 4.79 Å². The maximum absolute atomic E-state index is 11.4. The zero-order valence-electron chi connectivity index (χ0n) is 14.9. The average molecular weight is 360 g/mol. The predicted molar refractivity (Wildman–Crippen MR) is 105 cm³/mol. The Labute approximate surface area is 156 Å². The molecule has 136 valence electrons. The first kappa shape index (κ1) is 16.9. The average Bonchev–Trinajstić information content (AvgIpc) is 3.25. The van der Waals surface area contributed by atoms with Crippen LogP contribution in [-0.2, 0) is 13.5 Å². The van der Waals surface area contributed by atoms with Crippen molar-refractivity contribution in [3.63, 3.8) is 0 Å². The van der Waals surface area contributed by atoms with Crippen LogP contribution < -0.4 is 5.32 Å². The summed E-state index contributed by atoms with van der Waals surface area (Å²) < 4.78 is 1.89. The van der Waals surface area contributed by atoms with Gasteiger partial charge in [-0.2, -0.15) is 0 Å². The van der Waals surface area contributed by atoms with Crippen LogP contribution in [0.5, 0.6) is 0 Å². The molecule has 0 aliphatic carbocycles. The largest absolute Gasteiger partial charge is 0.465 e. The van der Waals surface area contributed by atoms with Crippen LogP contribution in [0.3, 0.4) is 0 Å². The molecule has 0 saturated heterocycles. The van der Waals surface area contributed by atoms with Crippen molar-refractivity contribution in [2.45, 2.75) is 12.5 Å². The van der Waals surface area contributed by atoms with Crippen LogP contribution >= 0.6 is 0 Å². The Morgan fingerprint density at radius 2 is 1.93 bits per heavy atom. The number of nitrogens with zero attached hydrogens (tertiary/aromatic N) is 2. The zero-order chi connectivity index (χ0) is 18.8. The molecule has 0 aliphatic heterocycles. The minimum atomic E-state index is -1.07. The molecule has 0 fully saturated rings. The number of nitrogens with one attached hydrogen (secondary N) is 2. The summed E-state index contributed by atoms with van der Waals surface area (Å²) in [5, 5.41) is 13.1. The summed E-state index contributed by atoms with van der Waals surface area (Å²) in [6.07, 6.45) is 3.30. The molecular formula is C21H20N4O2. The van der Waals surface area contributed by atoms with Crippen LogP contribution in [0.1, 0.15) is 17.4 Å². The highest BCUT2D eigenvalue weighted by atomic mass is 16.4. The first-order chi connectivity index (χ1) is 13.1. The number of carbonyl (C=O) groups is 1. The van der Waals surface area contributed by atoms with E-state index in [0.717, 1.165) is 27.7 Å². The topological polar surface area (TPSA) is 82.9 Å². The van der Waals surface area contributed by atoms with Gasteiger partial charge in [-0.1, -0.05) is 48.5 Å². The van der Waals surface area contributed by atoms with Crippen molar-refractivity contribution in [1.29, 1.82) is 0 Å². The summed E-state index contributed by atoms with van der Waals surface area (Å²) in [6, 6.07) is 17.4. The second kappa shape index (κ2) is 6.99. The van der Waals surface area contributed by atoms with Gasteiger partial charge in [-0.25, -0.2) is 9.78 Å². The lowest BCUT2D eigenvalue weighted by Gasteiger charge is -2.16. The van der Waals surface area contributed by atoms with Gasteiger partial charge in [-0.15, -0.1) is 0 Å². The van der Waals surface area contributed by atoms with E-state index >= 15 is 0 Å². The van der Waals surface area contributed by atoms with Crippen LogP contribution in [0.2, 0.25) is 0 Å². The van der Waals surface area contributed by atoms with Gasteiger partial charge in [0.2, 0.25) is 0 Å². The summed E-state index contributed by atoms with van der Waals surface area (Å²) >= 11 is 0. The lowest BCUT2D eigenvalue weighted by molar-refractivity contribution is 0.189. The van der Waals surface area contributed by atoms with Gasteiger partial charge in [-0.3, -0.25) is 0 Å². The number of H-pyrrole nitrogens is 1. The number of aromatic nitrogens is 3. The van der Waals surface area contributed by atoms with Crippen LogP contribution in [-0.4, -0.2) is 25.7 Å². The van der Waals surface area contributed by atoms with Crippen LogP contribution in [0, 0.1) is 0 Å². The van der Waals surface area contributed by atoms with Gasteiger partial charge < -0.3 is 20.0 Å². The Hall–Kier alpha value is -3.54. The van der Waals surface area contributed by atoms with E-state index in [1.54, 1.807) is 0 Å². The zero-order valence-corrected chi connectivity index (χ0v) is 14.9. The smallest absolute Gasteiger partial charge is 0.405 e. The fraction of sp³-hybridized carbons (Fsp3) is 0.143. The fourth-order valence-electron chi connectivity index (χ4n) is 3.43. The molecule has 0 bridgehead atoms. The summed E-state index contributed by atoms with van der Waals surface area (Å²) in [6.45, 7) is 0. The Bertz CT molecular complexity index is 1080. The van der Waals surface area contributed by atoms with E-state index in [-0.39, 0.29) is 0 Å². The van der Waals surface area contributed by atoms with Crippen molar-refractivity contribution < 1.29 is 9.90 Å². The van der Waals surface area contributed by atoms with Crippen LogP contribution in [0.25, 0.3) is 22.2 Å². The van der Waals surface area contributed by atoms with Crippen molar-refractivity contribution in [1.82, 2.24) is 19.9 Å². The monoisotopic (exact) mass is 360 g/mol. The van der Waals surface area contributed by atoms with Gasteiger partial charge in [0.25, 0.3) is 0 Å². The highest BCUT2D eigenvalue weighted by Gasteiger charge is 2.22. The molecule has 1 atom stereocenters. The molecule has 6 nitrogen and oxygen atoms in total. The van der Waals surface area contributed by atoms with Gasteiger partial charge >= 0.3 is 6.09 Å². The number of hydrogen-bond donors (Lipinski definition) is 3. The Kier molecular flexibility index (Phi) is 4.38. The minimum absolute atomic E-state index is 0.454. The van der Waals surface area contributed by atoms with E-state index in [2.05, 4.69) is 10.3 Å². The summed E-state index contributed by atoms with van der Waals surface area (Å²) in [5.74, 6) is 0.682.